The predicted molar refractivity (Wildman–Crippen MR) is 76.6 cm³/mol. The summed E-state index contributed by atoms with van der Waals surface area (Å²) >= 11 is 0. The molecule has 0 aliphatic heterocycles. The first-order valence-electron chi connectivity index (χ1n) is 6.89. The lowest BCUT2D eigenvalue weighted by molar-refractivity contribution is 0.110. The SMILES string of the molecule is CC(C)COCCCNc1nccc(OC(C)C)n1. The predicted octanol–water partition coefficient (Wildman–Crippen LogP) is 2.74. The number of aromatic nitrogens is 2. The van der Waals surface area contributed by atoms with Gasteiger partial charge < -0.3 is 14.8 Å². The summed E-state index contributed by atoms with van der Waals surface area (Å²) in [6, 6.07) is 1.76. The molecule has 1 heterocycles. The largest absolute Gasteiger partial charge is 0.475 e. The molecule has 0 bridgehead atoms. The van der Waals surface area contributed by atoms with Crippen molar-refractivity contribution in [3.05, 3.63) is 12.3 Å². The van der Waals surface area contributed by atoms with E-state index in [2.05, 4.69) is 29.1 Å². The Morgan fingerprint density at radius 3 is 2.74 bits per heavy atom. The molecule has 1 aromatic rings. The standard InChI is InChI=1S/C14H25N3O2/c1-11(2)10-18-9-5-7-15-14-16-8-6-13(17-14)19-12(3)4/h6,8,11-12H,5,7,9-10H2,1-4H3,(H,15,16,17). The van der Waals surface area contributed by atoms with Crippen LogP contribution in [0.15, 0.2) is 12.3 Å². The van der Waals surface area contributed by atoms with Gasteiger partial charge in [-0.1, -0.05) is 13.8 Å². The Morgan fingerprint density at radius 1 is 1.26 bits per heavy atom. The first kappa shape index (κ1) is 15.7. The van der Waals surface area contributed by atoms with E-state index >= 15 is 0 Å². The van der Waals surface area contributed by atoms with E-state index in [4.69, 9.17) is 9.47 Å². The van der Waals surface area contributed by atoms with Crippen molar-refractivity contribution < 1.29 is 9.47 Å². The summed E-state index contributed by atoms with van der Waals surface area (Å²) in [7, 11) is 0. The van der Waals surface area contributed by atoms with Crippen molar-refractivity contribution in [2.75, 3.05) is 25.1 Å². The highest BCUT2D eigenvalue weighted by molar-refractivity contribution is 5.27. The molecule has 19 heavy (non-hydrogen) atoms. The summed E-state index contributed by atoms with van der Waals surface area (Å²) in [5.74, 6) is 1.78. The highest BCUT2D eigenvalue weighted by Crippen LogP contribution is 2.10. The molecular weight excluding hydrogens is 242 g/mol. The molecule has 0 aliphatic carbocycles. The van der Waals surface area contributed by atoms with Crippen LogP contribution in [0.25, 0.3) is 0 Å². The van der Waals surface area contributed by atoms with Crippen molar-refractivity contribution in [1.29, 1.82) is 0 Å². The van der Waals surface area contributed by atoms with Gasteiger partial charge in [-0.3, -0.25) is 0 Å². The molecule has 0 aliphatic rings. The molecule has 0 atom stereocenters. The van der Waals surface area contributed by atoms with Crippen LogP contribution >= 0.6 is 0 Å². The monoisotopic (exact) mass is 267 g/mol. The second kappa shape index (κ2) is 8.69. The maximum atomic E-state index is 5.51. The van der Waals surface area contributed by atoms with Gasteiger partial charge in [0.2, 0.25) is 11.8 Å². The van der Waals surface area contributed by atoms with Gasteiger partial charge in [0.05, 0.1) is 6.10 Å². The molecule has 0 amide bonds. The second-order valence-corrected chi connectivity index (χ2v) is 5.13. The third kappa shape index (κ3) is 7.62. The number of nitrogens with one attached hydrogen (secondary N) is 1. The molecule has 5 heteroatoms. The van der Waals surface area contributed by atoms with Crippen molar-refractivity contribution in [1.82, 2.24) is 9.97 Å². The van der Waals surface area contributed by atoms with Crippen LogP contribution in [0.3, 0.4) is 0 Å². The van der Waals surface area contributed by atoms with E-state index in [1.54, 1.807) is 12.3 Å². The maximum absolute atomic E-state index is 5.51. The lowest BCUT2D eigenvalue weighted by Gasteiger charge is -2.10. The second-order valence-electron chi connectivity index (χ2n) is 5.13. The Hall–Kier alpha value is -1.36. The highest BCUT2D eigenvalue weighted by atomic mass is 16.5. The van der Waals surface area contributed by atoms with Gasteiger partial charge in [-0.15, -0.1) is 0 Å². The number of hydrogen-bond donors (Lipinski definition) is 1. The van der Waals surface area contributed by atoms with Crippen LogP contribution in [0.2, 0.25) is 0 Å². The fraction of sp³-hybridized carbons (Fsp3) is 0.714. The Kier molecular flexibility index (Phi) is 7.18. The number of hydrogen-bond acceptors (Lipinski definition) is 5. The zero-order valence-electron chi connectivity index (χ0n) is 12.3. The molecular formula is C14H25N3O2. The summed E-state index contributed by atoms with van der Waals surface area (Å²) in [6.45, 7) is 10.6. The topological polar surface area (TPSA) is 56.3 Å². The molecule has 0 fully saturated rings. The molecule has 0 aromatic carbocycles. The van der Waals surface area contributed by atoms with Crippen molar-refractivity contribution in [3.8, 4) is 5.88 Å². The fourth-order valence-corrected chi connectivity index (χ4v) is 1.43. The molecule has 0 saturated heterocycles. The lowest BCUT2D eigenvalue weighted by Crippen LogP contribution is -2.11. The quantitative estimate of drug-likeness (QED) is 0.697. The van der Waals surface area contributed by atoms with Crippen LogP contribution in [-0.4, -0.2) is 35.8 Å². The zero-order valence-corrected chi connectivity index (χ0v) is 12.3. The van der Waals surface area contributed by atoms with Gasteiger partial charge in [0.1, 0.15) is 0 Å². The molecule has 0 unspecified atom stereocenters. The summed E-state index contributed by atoms with van der Waals surface area (Å²) < 4.78 is 11.0. The lowest BCUT2D eigenvalue weighted by atomic mass is 10.2. The highest BCUT2D eigenvalue weighted by Gasteiger charge is 2.01. The molecule has 5 nitrogen and oxygen atoms in total. The Morgan fingerprint density at radius 2 is 2.05 bits per heavy atom. The Labute approximate surface area is 115 Å². The van der Waals surface area contributed by atoms with E-state index < -0.39 is 0 Å². The smallest absolute Gasteiger partial charge is 0.225 e. The normalized spacial score (nSPS) is 11.1. The van der Waals surface area contributed by atoms with E-state index in [1.165, 1.54) is 0 Å². The minimum atomic E-state index is 0.118. The van der Waals surface area contributed by atoms with Crippen LogP contribution < -0.4 is 10.1 Å². The van der Waals surface area contributed by atoms with Gasteiger partial charge in [-0.2, -0.15) is 4.98 Å². The molecule has 0 radical (unpaired) electrons. The molecule has 1 aromatic heterocycles. The average molecular weight is 267 g/mol. The van der Waals surface area contributed by atoms with Crippen molar-refractivity contribution in [2.45, 2.75) is 40.2 Å². The van der Waals surface area contributed by atoms with E-state index in [9.17, 15) is 0 Å². The summed E-state index contributed by atoms with van der Waals surface area (Å²) in [4.78, 5) is 8.42. The zero-order chi connectivity index (χ0) is 14.1. The van der Waals surface area contributed by atoms with Gasteiger partial charge in [-0.25, -0.2) is 4.98 Å². The minimum Gasteiger partial charge on any atom is -0.475 e. The van der Waals surface area contributed by atoms with Crippen LogP contribution in [0.4, 0.5) is 5.95 Å². The number of anilines is 1. The van der Waals surface area contributed by atoms with Crippen molar-refractivity contribution in [3.63, 3.8) is 0 Å². The van der Waals surface area contributed by atoms with E-state index in [-0.39, 0.29) is 6.10 Å². The minimum absolute atomic E-state index is 0.118. The number of nitrogens with zero attached hydrogens (tertiary/aromatic N) is 2. The van der Waals surface area contributed by atoms with E-state index in [1.807, 2.05) is 13.8 Å². The van der Waals surface area contributed by atoms with E-state index in [0.717, 1.165) is 26.2 Å². The van der Waals surface area contributed by atoms with Crippen LogP contribution in [0, 0.1) is 5.92 Å². The third-order valence-electron chi connectivity index (χ3n) is 2.19. The number of ether oxygens (including phenoxy) is 2. The Bertz CT molecular complexity index is 356. The molecule has 0 saturated carbocycles. The van der Waals surface area contributed by atoms with Crippen molar-refractivity contribution in [2.24, 2.45) is 5.92 Å². The first-order valence-corrected chi connectivity index (χ1v) is 6.89. The summed E-state index contributed by atoms with van der Waals surface area (Å²) in [6.07, 6.45) is 2.75. The third-order valence-corrected chi connectivity index (χ3v) is 2.19. The molecule has 0 spiro atoms. The fourth-order valence-electron chi connectivity index (χ4n) is 1.43. The summed E-state index contributed by atoms with van der Waals surface area (Å²) in [5, 5.41) is 3.16. The van der Waals surface area contributed by atoms with Crippen LogP contribution in [0.1, 0.15) is 34.1 Å². The van der Waals surface area contributed by atoms with Gasteiger partial charge in [-0.05, 0) is 26.2 Å². The molecule has 1 rings (SSSR count). The van der Waals surface area contributed by atoms with Crippen molar-refractivity contribution >= 4 is 5.95 Å². The van der Waals surface area contributed by atoms with E-state index in [0.29, 0.717) is 17.7 Å². The first-order chi connectivity index (χ1) is 9.08. The average Bonchev–Trinajstić information content (AvgIpc) is 2.33. The molecule has 1 N–H and O–H groups in total. The van der Waals surface area contributed by atoms with Crippen LogP contribution in [-0.2, 0) is 4.74 Å². The summed E-state index contributed by atoms with van der Waals surface area (Å²) in [5.41, 5.74) is 0. The van der Waals surface area contributed by atoms with Crippen LogP contribution in [0.5, 0.6) is 5.88 Å². The molecule has 108 valence electrons. The van der Waals surface area contributed by atoms with Gasteiger partial charge >= 0.3 is 0 Å². The number of rotatable bonds is 9. The van der Waals surface area contributed by atoms with Gasteiger partial charge in [0.25, 0.3) is 0 Å². The van der Waals surface area contributed by atoms with Gasteiger partial charge in [0.15, 0.2) is 0 Å². The maximum Gasteiger partial charge on any atom is 0.225 e. The van der Waals surface area contributed by atoms with Gasteiger partial charge in [0, 0.05) is 32.0 Å². The Balaban J connectivity index is 2.22.